The third-order valence-corrected chi connectivity index (χ3v) is 2.10. The lowest BCUT2D eigenvalue weighted by atomic mass is 10.0. The Kier molecular flexibility index (Phi) is 4.18. The highest BCUT2D eigenvalue weighted by molar-refractivity contribution is 5.87. The van der Waals surface area contributed by atoms with E-state index in [1.807, 2.05) is 0 Å². The second kappa shape index (κ2) is 5.43. The summed E-state index contributed by atoms with van der Waals surface area (Å²) >= 11 is 0. The molecule has 0 aromatic rings. The number of ether oxygens (including phenoxy) is 1. The number of amides is 1. The highest BCUT2D eigenvalue weighted by Gasteiger charge is 2.21. The van der Waals surface area contributed by atoms with Gasteiger partial charge in [0.25, 0.3) is 0 Å². The van der Waals surface area contributed by atoms with Crippen molar-refractivity contribution < 1.29 is 14.7 Å². The minimum atomic E-state index is -0.102. The van der Waals surface area contributed by atoms with Gasteiger partial charge in [0.2, 0.25) is 5.91 Å². The Labute approximate surface area is 82.1 Å². The van der Waals surface area contributed by atoms with E-state index in [2.05, 4.69) is 10.5 Å². The van der Waals surface area contributed by atoms with Gasteiger partial charge < -0.3 is 21.0 Å². The lowest BCUT2D eigenvalue weighted by Crippen LogP contribution is -2.40. The van der Waals surface area contributed by atoms with Crippen molar-refractivity contribution in [3.63, 3.8) is 0 Å². The van der Waals surface area contributed by atoms with Gasteiger partial charge in [-0.3, -0.25) is 4.79 Å². The SMILES string of the molecule is N/C(CNC(=O)C1CCCOC1)=N\O. The molecule has 4 N–H and O–H groups in total. The quantitative estimate of drug-likeness (QED) is 0.243. The predicted octanol–water partition coefficient (Wildman–Crippen LogP) is -0.724. The summed E-state index contributed by atoms with van der Waals surface area (Å²) in [4.78, 5) is 11.4. The van der Waals surface area contributed by atoms with E-state index in [0.717, 1.165) is 19.4 Å². The van der Waals surface area contributed by atoms with E-state index in [0.29, 0.717) is 6.61 Å². The van der Waals surface area contributed by atoms with Gasteiger partial charge in [-0.15, -0.1) is 0 Å². The molecule has 6 heteroatoms. The number of nitrogens with zero attached hydrogens (tertiary/aromatic N) is 1. The first kappa shape index (κ1) is 10.8. The minimum absolute atomic E-state index is 0.00456. The predicted molar refractivity (Wildman–Crippen MR) is 50.0 cm³/mol. The molecule has 0 aliphatic carbocycles. The highest BCUT2D eigenvalue weighted by atomic mass is 16.5. The number of hydrogen-bond acceptors (Lipinski definition) is 4. The van der Waals surface area contributed by atoms with E-state index in [1.165, 1.54) is 0 Å². The van der Waals surface area contributed by atoms with Crippen molar-refractivity contribution in [1.29, 1.82) is 0 Å². The highest BCUT2D eigenvalue weighted by Crippen LogP contribution is 2.12. The molecule has 1 atom stereocenters. The fraction of sp³-hybridized carbons (Fsp3) is 0.750. The van der Waals surface area contributed by atoms with Crippen LogP contribution in [0.1, 0.15) is 12.8 Å². The summed E-state index contributed by atoms with van der Waals surface area (Å²) < 4.78 is 5.16. The van der Waals surface area contributed by atoms with E-state index < -0.39 is 0 Å². The largest absolute Gasteiger partial charge is 0.409 e. The van der Waals surface area contributed by atoms with Crippen molar-refractivity contribution in [3.05, 3.63) is 0 Å². The molecule has 1 aliphatic rings. The number of carbonyl (C=O) groups is 1. The van der Waals surface area contributed by atoms with Crippen molar-refractivity contribution in [2.45, 2.75) is 12.8 Å². The Morgan fingerprint density at radius 2 is 2.50 bits per heavy atom. The van der Waals surface area contributed by atoms with Crippen LogP contribution in [0, 0.1) is 5.92 Å². The standard InChI is InChI=1S/C8H15N3O3/c9-7(11-13)4-10-8(12)6-2-1-3-14-5-6/h6,13H,1-5H2,(H2,9,11)(H,10,12). The topological polar surface area (TPSA) is 96.9 Å². The molecule has 0 aromatic carbocycles. The molecule has 1 fully saturated rings. The summed E-state index contributed by atoms with van der Waals surface area (Å²) in [6.07, 6.45) is 1.74. The molecule has 6 nitrogen and oxygen atoms in total. The van der Waals surface area contributed by atoms with Crippen LogP contribution in [0.2, 0.25) is 0 Å². The van der Waals surface area contributed by atoms with E-state index in [9.17, 15) is 4.79 Å². The Hall–Kier alpha value is -1.30. The molecule has 1 saturated heterocycles. The number of oxime groups is 1. The van der Waals surface area contributed by atoms with Gasteiger partial charge in [0.1, 0.15) is 0 Å². The van der Waals surface area contributed by atoms with Crippen LogP contribution in [0.3, 0.4) is 0 Å². The van der Waals surface area contributed by atoms with Crippen LogP contribution in [-0.2, 0) is 9.53 Å². The smallest absolute Gasteiger partial charge is 0.225 e. The molecular weight excluding hydrogens is 186 g/mol. The Morgan fingerprint density at radius 3 is 3.07 bits per heavy atom. The average molecular weight is 201 g/mol. The summed E-state index contributed by atoms with van der Waals surface area (Å²) in [7, 11) is 0. The summed E-state index contributed by atoms with van der Waals surface area (Å²) in [5, 5.41) is 13.6. The zero-order chi connectivity index (χ0) is 10.4. The average Bonchev–Trinajstić information content (AvgIpc) is 2.26. The molecule has 1 aliphatic heterocycles. The van der Waals surface area contributed by atoms with Gasteiger partial charge in [-0.05, 0) is 12.8 Å². The first-order valence-electron chi connectivity index (χ1n) is 4.56. The van der Waals surface area contributed by atoms with E-state index in [-0.39, 0.29) is 24.2 Å². The number of carbonyl (C=O) groups excluding carboxylic acids is 1. The zero-order valence-electron chi connectivity index (χ0n) is 7.90. The maximum atomic E-state index is 11.4. The molecule has 14 heavy (non-hydrogen) atoms. The molecule has 1 heterocycles. The fourth-order valence-electron chi connectivity index (χ4n) is 1.30. The maximum absolute atomic E-state index is 11.4. The van der Waals surface area contributed by atoms with Gasteiger partial charge in [-0.25, -0.2) is 0 Å². The summed E-state index contributed by atoms with van der Waals surface area (Å²) in [5.74, 6) is -0.207. The van der Waals surface area contributed by atoms with Crippen LogP contribution in [0.5, 0.6) is 0 Å². The summed E-state index contributed by atoms with van der Waals surface area (Å²) in [6.45, 7) is 1.26. The number of rotatable bonds is 3. The van der Waals surface area contributed by atoms with Crippen LogP contribution in [0.4, 0.5) is 0 Å². The molecule has 1 rings (SSSR count). The van der Waals surface area contributed by atoms with Gasteiger partial charge in [-0.2, -0.15) is 0 Å². The lowest BCUT2D eigenvalue weighted by molar-refractivity contribution is -0.128. The molecule has 0 spiro atoms. The van der Waals surface area contributed by atoms with E-state index in [4.69, 9.17) is 15.7 Å². The van der Waals surface area contributed by atoms with Gasteiger partial charge in [0.05, 0.1) is 19.1 Å². The third kappa shape index (κ3) is 3.21. The molecule has 0 aromatic heterocycles. The minimum Gasteiger partial charge on any atom is -0.409 e. The van der Waals surface area contributed by atoms with E-state index in [1.54, 1.807) is 0 Å². The Morgan fingerprint density at radius 1 is 1.71 bits per heavy atom. The van der Waals surface area contributed by atoms with Gasteiger partial charge >= 0.3 is 0 Å². The molecule has 1 amide bonds. The van der Waals surface area contributed by atoms with Crippen LogP contribution >= 0.6 is 0 Å². The number of nitrogens with one attached hydrogen (secondary N) is 1. The fourth-order valence-corrected chi connectivity index (χ4v) is 1.30. The number of hydrogen-bond donors (Lipinski definition) is 3. The van der Waals surface area contributed by atoms with Crippen LogP contribution in [0.15, 0.2) is 5.16 Å². The molecule has 80 valence electrons. The van der Waals surface area contributed by atoms with Crippen LogP contribution in [0.25, 0.3) is 0 Å². The van der Waals surface area contributed by atoms with Gasteiger partial charge in [-0.1, -0.05) is 5.16 Å². The number of nitrogens with two attached hydrogens (primary N) is 1. The second-order valence-electron chi connectivity index (χ2n) is 3.22. The van der Waals surface area contributed by atoms with Crippen molar-refractivity contribution in [3.8, 4) is 0 Å². The molecular formula is C8H15N3O3. The summed E-state index contributed by atoms with van der Waals surface area (Å²) in [5.41, 5.74) is 5.20. The Balaban J connectivity index is 2.26. The van der Waals surface area contributed by atoms with Crippen molar-refractivity contribution in [2.75, 3.05) is 19.8 Å². The second-order valence-corrected chi connectivity index (χ2v) is 3.22. The normalized spacial score (nSPS) is 23.1. The first-order chi connectivity index (χ1) is 6.74. The molecule has 0 saturated carbocycles. The van der Waals surface area contributed by atoms with Gasteiger partial charge in [0.15, 0.2) is 5.84 Å². The van der Waals surface area contributed by atoms with Crippen molar-refractivity contribution >= 4 is 11.7 Å². The first-order valence-corrected chi connectivity index (χ1v) is 4.56. The Bertz CT molecular complexity index is 224. The van der Waals surface area contributed by atoms with Crippen LogP contribution in [-0.4, -0.2) is 36.7 Å². The van der Waals surface area contributed by atoms with Gasteiger partial charge in [0, 0.05) is 6.61 Å². The van der Waals surface area contributed by atoms with Crippen molar-refractivity contribution in [2.24, 2.45) is 16.8 Å². The summed E-state index contributed by atoms with van der Waals surface area (Å²) in [6, 6.07) is 0. The lowest BCUT2D eigenvalue weighted by Gasteiger charge is -2.20. The third-order valence-electron chi connectivity index (χ3n) is 2.10. The maximum Gasteiger partial charge on any atom is 0.225 e. The van der Waals surface area contributed by atoms with Crippen LogP contribution < -0.4 is 11.1 Å². The molecule has 0 radical (unpaired) electrons. The van der Waals surface area contributed by atoms with E-state index >= 15 is 0 Å². The molecule has 1 unspecified atom stereocenters. The monoisotopic (exact) mass is 201 g/mol. The zero-order valence-corrected chi connectivity index (χ0v) is 7.90. The number of amidine groups is 1. The molecule has 0 bridgehead atoms. The van der Waals surface area contributed by atoms with Crippen molar-refractivity contribution in [1.82, 2.24) is 5.32 Å².